The van der Waals surface area contributed by atoms with Gasteiger partial charge in [0.2, 0.25) is 0 Å². The van der Waals surface area contributed by atoms with Crippen LogP contribution in [0.5, 0.6) is 5.75 Å². The Morgan fingerprint density at radius 1 is 1.27 bits per heavy atom. The maximum absolute atomic E-state index is 9.06. The summed E-state index contributed by atoms with van der Waals surface area (Å²) in [5, 5.41) is 26.5. The molecule has 0 aliphatic rings. The van der Waals surface area contributed by atoms with Gasteiger partial charge in [-0.05, 0) is 24.0 Å². The van der Waals surface area contributed by atoms with Crippen LogP contribution in [-0.2, 0) is 0 Å². The van der Waals surface area contributed by atoms with Gasteiger partial charge in [-0.15, -0.1) is 0 Å². The highest BCUT2D eigenvalue weighted by Crippen LogP contribution is 2.11. The number of phenolic OH excluding ortho intramolecular Hbond substituents is 1. The molecular weight excluding hydrogens is 143 g/mol. The van der Waals surface area contributed by atoms with E-state index in [-0.39, 0.29) is 5.75 Å². The van der Waals surface area contributed by atoms with Crippen LogP contribution in [0.2, 0.25) is 0 Å². The van der Waals surface area contributed by atoms with Crippen molar-refractivity contribution in [3.05, 3.63) is 23.8 Å². The van der Waals surface area contributed by atoms with E-state index in [0.717, 1.165) is 0 Å². The molecule has 0 aromatic heterocycles. The zero-order valence-corrected chi connectivity index (χ0v) is 6.15. The van der Waals surface area contributed by atoms with Gasteiger partial charge in [-0.2, -0.15) is 0 Å². The Kier molecular flexibility index (Phi) is 2.17. The van der Waals surface area contributed by atoms with Gasteiger partial charge in [-0.3, -0.25) is 0 Å². The molecule has 0 amide bonds. The predicted molar refractivity (Wildman–Crippen MR) is 42.7 cm³/mol. The molecule has 3 N–H and O–H groups in total. The van der Waals surface area contributed by atoms with Crippen LogP contribution in [0.3, 0.4) is 0 Å². The highest BCUT2D eigenvalue weighted by Gasteiger charge is 2.10. The lowest BCUT2D eigenvalue weighted by atomic mass is 9.79. The molecule has 0 bridgehead atoms. The molecular formula is C7H9BO3. The second-order valence-electron chi connectivity index (χ2n) is 2.42. The Morgan fingerprint density at radius 3 is 2.36 bits per heavy atom. The van der Waals surface area contributed by atoms with Gasteiger partial charge < -0.3 is 15.2 Å². The molecule has 0 spiro atoms. The minimum Gasteiger partial charge on any atom is -0.508 e. The van der Waals surface area contributed by atoms with E-state index in [2.05, 4.69) is 0 Å². The number of benzene rings is 1. The zero-order chi connectivity index (χ0) is 8.43. The molecule has 1 aromatic rings. The third-order valence-electron chi connectivity index (χ3n) is 1.52. The van der Waals surface area contributed by atoms with E-state index >= 15 is 0 Å². The molecule has 1 aromatic carbocycles. The zero-order valence-electron chi connectivity index (χ0n) is 6.15. The minimum atomic E-state index is -1.46. The Balaban J connectivity index is 3.05. The van der Waals surface area contributed by atoms with Crippen molar-refractivity contribution in [2.45, 2.75) is 6.92 Å². The largest absolute Gasteiger partial charge is 0.508 e. The van der Waals surface area contributed by atoms with Gasteiger partial charge in [-0.1, -0.05) is 12.1 Å². The minimum absolute atomic E-state index is 0.161. The summed E-state index contributed by atoms with van der Waals surface area (Å²) in [5.41, 5.74) is 1.02. The summed E-state index contributed by atoms with van der Waals surface area (Å²) in [7, 11) is -1.46. The first-order valence-electron chi connectivity index (χ1n) is 3.27. The second kappa shape index (κ2) is 2.94. The van der Waals surface area contributed by atoms with E-state index in [1.54, 1.807) is 6.92 Å². The summed E-state index contributed by atoms with van der Waals surface area (Å²) in [6, 6.07) is 4.43. The smallest absolute Gasteiger partial charge is 0.488 e. The number of phenols is 1. The molecule has 0 fully saturated rings. The van der Waals surface area contributed by atoms with Gasteiger partial charge in [0.05, 0.1) is 0 Å². The molecule has 1 rings (SSSR count). The first-order valence-corrected chi connectivity index (χ1v) is 3.27. The van der Waals surface area contributed by atoms with E-state index in [4.69, 9.17) is 15.2 Å². The van der Waals surface area contributed by atoms with Crippen molar-refractivity contribution < 1.29 is 15.2 Å². The number of aromatic hydroxyl groups is 1. The second-order valence-corrected chi connectivity index (χ2v) is 2.42. The highest BCUT2D eigenvalue weighted by atomic mass is 16.4. The summed E-state index contributed by atoms with van der Waals surface area (Å²) < 4.78 is 0. The average molecular weight is 152 g/mol. The van der Waals surface area contributed by atoms with Crippen molar-refractivity contribution in [2.75, 3.05) is 0 Å². The maximum atomic E-state index is 9.06. The van der Waals surface area contributed by atoms with Gasteiger partial charge in [0.1, 0.15) is 5.75 Å². The summed E-state index contributed by atoms with van der Waals surface area (Å²) in [6.07, 6.45) is 0. The van der Waals surface area contributed by atoms with Crippen LogP contribution in [0.25, 0.3) is 0 Å². The molecule has 4 heteroatoms. The van der Waals surface area contributed by atoms with Crippen molar-refractivity contribution in [3.63, 3.8) is 0 Å². The number of rotatable bonds is 1. The predicted octanol–water partition coefficient (Wildman–Crippen LogP) is -0.620. The molecule has 0 aliphatic carbocycles. The molecule has 58 valence electrons. The topological polar surface area (TPSA) is 60.7 Å². The van der Waals surface area contributed by atoms with Gasteiger partial charge in [0.15, 0.2) is 0 Å². The Bertz CT molecular complexity index is 260. The highest BCUT2D eigenvalue weighted by molar-refractivity contribution is 6.58. The molecule has 3 nitrogen and oxygen atoms in total. The van der Waals surface area contributed by atoms with Crippen LogP contribution >= 0.6 is 0 Å². The van der Waals surface area contributed by atoms with Gasteiger partial charge in [0, 0.05) is 0 Å². The van der Waals surface area contributed by atoms with E-state index < -0.39 is 7.12 Å². The van der Waals surface area contributed by atoms with E-state index in [1.807, 2.05) is 0 Å². The van der Waals surface area contributed by atoms with Crippen LogP contribution < -0.4 is 5.46 Å². The van der Waals surface area contributed by atoms with Crippen LogP contribution in [0.4, 0.5) is 0 Å². The van der Waals surface area contributed by atoms with Gasteiger partial charge in [-0.25, -0.2) is 0 Å². The average Bonchev–Trinajstić information content (AvgIpc) is 1.94. The van der Waals surface area contributed by atoms with Crippen LogP contribution in [0.1, 0.15) is 5.56 Å². The van der Waals surface area contributed by atoms with Gasteiger partial charge >= 0.3 is 7.12 Å². The lowest BCUT2D eigenvalue weighted by Gasteiger charge is -2.01. The van der Waals surface area contributed by atoms with Gasteiger partial charge in [0.25, 0.3) is 0 Å². The molecule has 0 aliphatic heterocycles. The van der Waals surface area contributed by atoms with E-state index in [1.165, 1.54) is 18.2 Å². The maximum Gasteiger partial charge on any atom is 0.488 e. The van der Waals surface area contributed by atoms with E-state index in [9.17, 15) is 0 Å². The first-order chi connectivity index (χ1) is 5.11. The first kappa shape index (κ1) is 8.10. The fourth-order valence-electron chi connectivity index (χ4n) is 0.839. The van der Waals surface area contributed by atoms with Crippen LogP contribution in [0, 0.1) is 6.92 Å². The van der Waals surface area contributed by atoms with Crippen molar-refractivity contribution in [1.29, 1.82) is 0 Å². The number of hydrogen-bond acceptors (Lipinski definition) is 3. The third kappa shape index (κ3) is 1.72. The third-order valence-corrected chi connectivity index (χ3v) is 1.52. The molecule has 11 heavy (non-hydrogen) atoms. The fraction of sp³-hybridized carbons (Fsp3) is 0.143. The monoisotopic (exact) mass is 152 g/mol. The molecule has 0 atom stereocenters. The molecule has 0 radical (unpaired) electrons. The van der Waals surface area contributed by atoms with Crippen LogP contribution in [-0.4, -0.2) is 22.3 Å². The van der Waals surface area contributed by atoms with Crippen molar-refractivity contribution in [3.8, 4) is 5.75 Å². The lowest BCUT2D eigenvalue weighted by Crippen LogP contribution is -2.29. The molecule has 0 heterocycles. The molecule has 0 saturated heterocycles. The van der Waals surface area contributed by atoms with Crippen molar-refractivity contribution in [1.82, 2.24) is 0 Å². The molecule has 0 saturated carbocycles. The fourth-order valence-corrected chi connectivity index (χ4v) is 0.839. The quantitative estimate of drug-likeness (QED) is 0.470. The summed E-state index contributed by atoms with van der Waals surface area (Å²) in [5.74, 6) is 0.161. The normalized spacial score (nSPS) is 9.73. The SMILES string of the molecule is Cc1cc(B(O)O)ccc1O. The van der Waals surface area contributed by atoms with Crippen LogP contribution in [0.15, 0.2) is 18.2 Å². The summed E-state index contributed by atoms with van der Waals surface area (Å²) in [6.45, 7) is 1.70. The Hall–Kier alpha value is -0.995. The molecule has 0 unspecified atom stereocenters. The number of hydrogen-bond donors (Lipinski definition) is 3. The van der Waals surface area contributed by atoms with Crippen molar-refractivity contribution >= 4 is 12.6 Å². The summed E-state index contributed by atoms with van der Waals surface area (Å²) >= 11 is 0. The summed E-state index contributed by atoms with van der Waals surface area (Å²) in [4.78, 5) is 0. The number of aryl methyl sites for hydroxylation is 1. The Morgan fingerprint density at radius 2 is 1.91 bits per heavy atom. The Labute approximate surface area is 65.1 Å². The van der Waals surface area contributed by atoms with Crippen molar-refractivity contribution in [2.24, 2.45) is 0 Å². The van der Waals surface area contributed by atoms with E-state index in [0.29, 0.717) is 11.0 Å². The lowest BCUT2D eigenvalue weighted by molar-refractivity contribution is 0.425. The standard InChI is InChI=1S/C7H9BO3/c1-5-4-6(8(10)11)2-3-7(5)9/h2-4,9-11H,1H3.